The molecule has 0 aliphatic carbocycles. The first kappa shape index (κ1) is 9.52. The minimum absolute atomic E-state index is 0.0871. The molecule has 3 heteroatoms. The van der Waals surface area contributed by atoms with Crippen molar-refractivity contribution in [3.63, 3.8) is 0 Å². The van der Waals surface area contributed by atoms with Gasteiger partial charge in [-0.05, 0) is 19.3 Å². The fourth-order valence-electron chi connectivity index (χ4n) is 1.40. The summed E-state index contributed by atoms with van der Waals surface area (Å²) < 4.78 is 10.2. The van der Waals surface area contributed by atoms with Crippen molar-refractivity contribution in [1.29, 1.82) is 0 Å². The molecule has 0 aromatic rings. The molecule has 70 valence electrons. The summed E-state index contributed by atoms with van der Waals surface area (Å²) in [6, 6.07) is 0. The molecule has 0 bridgehead atoms. The molecule has 0 N–H and O–H groups in total. The third-order valence-electron chi connectivity index (χ3n) is 2.21. The van der Waals surface area contributed by atoms with Crippen molar-refractivity contribution in [2.75, 3.05) is 13.2 Å². The van der Waals surface area contributed by atoms with Crippen LogP contribution >= 0.6 is 0 Å². The van der Waals surface area contributed by atoms with Crippen LogP contribution in [0.25, 0.3) is 0 Å². The second kappa shape index (κ2) is 4.45. The van der Waals surface area contributed by atoms with Crippen molar-refractivity contribution in [3.8, 4) is 0 Å². The van der Waals surface area contributed by atoms with Gasteiger partial charge >= 0.3 is 5.97 Å². The van der Waals surface area contributed by atoms with Crippen molar-refractivity contribution in [2.24, 2.45) is 5.92 Å². The molecule has 1 heterocycles. The predicted octanol–water partition coefficient (Wildman–Crippen LogP) is 1.36. The second-order valence-electron chi connectivity index (χ2n) is 3.18. The number of ether oxygens (including phenoxy) is 2. The van der Waals surface area contributed by atoms with Crippen LogP contribution < -0.4 is 0 Å². The fourth-order valence-corrected chi connectivity index (χ4v) is 1.40. The first-order chi connectivity index (χ1) is 5.74. The molecular formula is C9H16O3. The zero-order valence-corrected chi connectivity index (χ0v) is 7.71. The first-order valence-electron chi connectivity index (χ1n) is 4.51. The summed E-state index contributed by atoms with van der Waals surface area (Å²) in [4.78, 5) is 11.0. The van der Waals surface area contributed by atoms with E-state index in [2.05, 4.69) is 6.92 Å². The molecule has 0 amide bonds. The lowest BCUT2D eigenvalue weighted by atomic mass is 10.0. The van der Waals surface area contributed by atoms with Crippen LogP contribution in [-0.4, -0.2) is 25.3 Å². The molecule has 1 saturated heterocycles. The topological polar surface area (TPSA) is 35.5 Å². The van der Waals surface area contributed by atoms with Crippen molar-refractivity contribution < 1.29 is 14.3 Å². The zero-order chi connectivity index (χ0) is 8.97. The van der Waals surface area contributed by atoms with E-state index in [4.69, 9.17) is 9.47 Å². The molecule has 1 rings (SSSR count). The van der Waals surface area contributed by atoms with Gasteiger partial charge in [-0.1, -0.05) is 6.92 Å². The summed E-state index contributed by atoms with van der Waals surface area (Å²) in [5, 5.41) is 0. The van der Waals surface area contributed by atoms with Gasteiger partial charge in [0.05, 0.1) is 19.1 Å². The van der Waals surface area contributed by atoms with E-state index in [9.17, 15) is 4.79 Å². The molecule has 0 radical (unpaired) electrons. The molecule has 1 fully saturated rings. The molecule has 0 unspecified atom stereocenters. The van der Waals surface area contributed by atoms with E-state index < -0.39 is 0 Å². The summed E-state index contributed by atoms with van der Waals surface area (Å²) in [6.07, 6.45) is 1.56. The molecule has 3 nitrogen and oxygen atoms in total. The molecule has 2 atom stereocenters. The Bertz CT molecular complexity index is 156. The van der Waals surface area contributed by atoms with Crippen LogP contribution in [0.15, 0.2) is 0 Å². The van der Waals surface area contributed by atoms with Crippen LogP contribution in [0, 0.1) is 5.92 Å². The molecule has 1 aliphatic heterocycles. The number of carbonyl (C=O) groups is 1. The Hall–Kier alpha value is -0.570. The highest BCUT2D eigenvalue weighted by molar-refractivity contribution is 5.70. The van der Waals surface area contributed by atoms with Crippen LogP contribution in [0.2, 0.25) is 0 Å². The summed E-state index contributed by atoms with van der Waals surface area (Å²) in [5.74, 6) is 0.352. The second-order valence-corrected chi connectivity index (χ2v) is 3.18. The Morgan fingerprint density at radius 3 is 2.92 bits per heavy atom. The molecular weight excluding hydrogens is 156 g/mol. The van der Waals surface area contributed by atoms with E-state index in [1.165, 1.54) is 0 Å². The zero-order valence-electron chi connectivity index (χ0n) is 7.71. The predicted molar refractivity (Wildman–Crippen MR) is 44.8 cm³/mol. The third kappa shape index (κ3) is 2.48. The van der Waals surface area contributed by atoms with Gasteiger partial charge in [0.15, 0.2) is 0 Å². The standard InChI is InChI=1S/C9H16O3/c1-3-11-9(10)6-8-7(2)4-5-12-8/h7-8H,3-6H2,1-2H3/t7-,8+/m0/s1. The van der Waals surface area contributed by atoms with Crippen LogP contribution in [0.5, 0.6) is 0 Å². The lowest BCUT2D eigenvalue weighted by Gasteiger charge is -2.12. The Labute approximate surface area is 73.0 Å². The molecule has 0 spiro atoms. The summed E-state index contributed by atoms with van der Waals surface area (Å²) >= 11 is 0. The Balaban J connectivity index is 2.25. The quantitative estimate of drug-likeness (QED) is 0.603. The highest BCUT2D eigenvalue weighted by Crippen LogP contribution is 2.22. The van der Waals surface area contributed by atoms with Crippen LogP contribution in [0.1, 0.15) is 26.7 Å². The van der Waals surface area contributed by atoms with E-state index in [0.29, 0.717) is 18.9 Å². The molecule has 0 aromatic carbocycles. The van der Waals surface area contributed by atoms with Crippen molar-refractivity contribution in [1.82, 2.24) is 0 Å². The number of hydrogen-bond acceptors (Lipinski definition) is 3. The van der Waals surface area contributed by atoms with Crippen LogP contribution in [0.3, 0.4) is 0 Å². The summed E-state index contributed by atoms with van der Waals surface area (Å²) in [6.45, 7) is 5.17. The maximum atomic E-state index is 11.0. The molecule has 0 saturated carbocycles. The summed E-state index contributed by atoms with van der Waals surface area (Å²) in [5.41, 5.74) is 0. The van der Waals surface area contributed by atoms with Gasteiger partial charge in [0.2, 0.25) is 0 Å². The van der Waals surface area contributed by atoms with E-state index in [1.54, 1.807) is 0 Å². The lowest BCUT2D eigenvalue weighted by molar-refractivity contribution is -0.146. The van der Waals surface area contributed by atoms with E-state index >= 15 is 0 Å². The summed E-state index contributed by atoms with van der Waals surface area (Å²) in [7, 11) is 0. The van der Waals surface area contributed by atoms with Gasteiger partial charge in [-0.15, -0.1) is 0 Å². The monoisotopic (exact) mass is 172 g/mol. The fraction of sp³-hybridized carbons (Fsp3) is 0.889. The number of esters is 1. The highest BCUT2D eigenvalue weighted by atomic mass is 16.5. The van der Waals surface area contributed by atoms with Gasteiger partial charge in [-0.2, -0.15) is 0 Å². The minimum atomic E-state index is -0.142. The van der Waals surface area contributed by atoms with Gasteiger partial charge in [0.25, 0.3) is 0 Å². The van der Waals surface area contributed by atoms with E-state index in [0.717, 1.165) is 13.0 Å². The average Bonchev–Trinajstić information content (AvgIpc) is 2.37. The first-order valence-corrected chi connectivity index (χ1v) is 4.51. The smallest absolute Gasteiger partial charge is 0.308 e. The Kier molecular flexibility index (Phi) is 3.53. The van der Waals surface area contributed by atoms with E-state index in [-0.39, 0.29) is 12.1 Å². The van der Waals surface area contributed by atoms with E-state index in [1.807, 2.05) is 6.92 Å². The highest BCUT2D eigenvalue weighted by Gasteiger charge is 2.26. The van der Waals surface area contributed by atoms with Gasteiger partial charge in [-0.3, -0.25) is 4.79 Å². The molecule has 12 heavy (non-hydrogen) atoms. The van der Waals surface area contributed by atoms with Crippen LogP contribution in [-0.2, 0) is 14.3 Å². The SMILES string of the molecule is CCOC(=O)C[C@H]1OCC[C@@H]1C. The van der Waals surface area contributed by atoms with Gasteiger partial charge in [-0.25, -0.2) is 0 Å². The van der Waals surface area contributed by atoms with Gasteiger partial charge < -0.3 is 9.47 Å². The Morgan fingerprint density at radius 2 is 2.42 bits per heavy atom. The van der Waals surface area contributed by atoms with Crippen molar-refractivity contribution >= 4 is 5.97 Å². The maximum absolute atomic E-state index is 11.0. The van der Waals surface area contributed by atoms with Crippen molar-refractivity contribution in [2.45, 2.75) is 32.8 Å². The number of rotatable bonds is 3. The third-order valence-corrected chi connectivity index (χ3v) is 2.21. The number of carbonyl (C=O) groups excluding carboxylic acids is 1. The van der Waals surface area contributed by atoms with Gasteiger partial charge in [0, 0.05) is 6.61 Å². The normalized spacial score (nSPS) is 28.8. The Morgan fingerprint density at radius 1 is 1.67 bits per heavy atom. The lowest BCUT2D eigenvalue weighted by Crippen LogP contribution is -2.19. The molecule has 1 aliphatic rings. The molecule has 0 aromatic heterocycles. The van der Waals surface area contributed by atoms with Crippen LogP contribution in [0.4, 0.5) is 0 Å². The average molecular weight is 172 g/mol. The minimum Gasteiger partial charge on any atom is -0.466 e. The number of hydrogen-bond donors (Lipinski definition) is 0. The largest absolute Gasteiger partial charge is 0.466 e. The van der Waals surface area contributed by atoms with Gasteiger partial charge in [0.1, 0.15) is 0 Å². The van der Waals surface area contributed by atoms with Crippen molar-refractivity contribution in [3.05, 3.63) is 0 Å². The maximum Gasteiger partial charge on any atom is 0.308 e.